The first-order chi connectivity index (χ1) is 27.2. The van der Waals surface area contributed by atoms with Crippen molar-refractivity contribution in [3.05, 3.63) is 162 Å². The van der Waals surface area contributed by atoms with Crippen LogP contribution < -0.4 is 11.1 Å². The molecule has 0 fully saturated rings. The van der Waals surface area contributed by atoms with Gasteiger partial charge in [-0.1, -0.05) is 121 Å². The van der Waals surface area contributed by atoms with Gasteiger partial charge in [-0.25, -0.2) is 0 Å². The lowest BCUT2D eigenvalue weighted by atomic mass is 9.96. The Kier molecular flexibility index (Phi) is 8.72. The number of amidine groups is 1. The van der Waals surface area contributed by atoms with Gasteiger partial charge in [0.1, 0.15) is 18.4 Å². The molecule has 7 nitrogen and oxygen atoms in total. The van der Waals surface area contributed by atoms with E-state index in [9.17, 15) is 0 Å². The molecule has 4 unspecified atom stereocenters. The summed E-state index contributed by atoms with van der Waals surface area (Å²) in [6.07, 6.45) is 34.1. The first kappa shape index (κ1) is 33.5. The standard InChI is InChI=1S/C48H45N7/c49-47(34-24-28-41(50-30-34)32-14-4-1-5-15-32)53-48(51-31-35-25-29-42(52-35)33-16-6-2-7-17-33)55-44-23-13-11-21-38(44)40-27-26-39-37-20-10-12-22-43(37)54(45(39)46(40)55)36-18-8-3-9-19-36/h1-9,11-16,18,21-23,25-27,29-30,33,35-36,48,51H,10,17,19-20,24,28,31H2,(H2,49,53)/p+1. The number of benzene rings is 3. The number of nitrogens with two attached hydrogens (primary N) is 2. The van der Waals surface area contributed by atoms with Crippen molar-refractivity contribution < 1.29 is 5.32 Å². The zero-order valence-electron chi connectivity index (χ0n) is 31.0. The van der Waals surface area contributed by atoms with Crippen LogP contribution in [0.3, 0.4) is 0 Å². The Bertz CT molecular complexity index is 2630. The topological polar surface area (TPSA) is 89.6 Å². The third kappa shape index (κ3) is 6.09. The summed E-state index contributed by atoms with van der Waals surface area (Å²) in [4.78, 5) is 15.6. The third-order valence-electron chi connectivity index (χ3n) is 11.8. The van der Waals surface area contributed by atoms with Crippen LogP contribution in [0.2, 0.25) is 0 Å². The molecule has 3 aliphatic carbocycles. The van der Waals surface area contributed by atoms with Crippen LogP contribution in [-0.2, 0) is 6.42 Å². The Morgan fingerprint density at radius 3 is 2.45 bits per heavy atom. The summed E-state index contributed by atoms with van der Waals surface area (Å²) in [5.74, 6) is 0.871. The van der Waals surface area contributed by atoms with E-state index in [0.717, 1.165) is 73.1 Å². The normalized spacial score (nSPS) is 22.4. The lowest BCUT2D eigenvalue weighted by Gasteiger charge is -2.23. The van der Waals surface area contributed by atoms with Gasteiger partial charge in [-0.3, -0.25) is 14.6 Å². The van der Waals surface area contributed by atoms with Gasteiger partial charge in [0.25, 0.3) is 6.29 Å². The Morgan fingerprint density at radius 2 is 1.64 bits per heavy atom. The van der Waals surface area contributed by atoms with Gasteiger partial charge in [-0.05, 0) is 67.9 Å². The highest BCUT2D eigenvalue weighted by Gasteiger charge is 2.30. The van der Waals surface area contributed by atoms with E-state index in [1.165, 1.54) is 38.4 Å². The lowest BCUT2D eigenvalue weighted by molar-refractivity contribution is -0.708. The zero-order chi connectivity index (χ0) is 36.7. The molecule has 55 heavy (non-hydrogen) atoms. The average molecular weight is 721 g/mol. The molecule has 2 aliphatic heterocycles. The number of aromatic nitrogens is 2. The number of nitrogens with zero attached hydrogens (tertiary/aromatic N) is 5. The molecular weight excluding hydrogens is 675 g/mol. The van der Waals surface area contributed by atoms with Crippen LogP contribution in [0.1, 0.15) is 61.3 Å². The van der Waals surface area contributed by atoms with Gasteiger partial charge in [0.05, 0.1) is 22.6 Å². The third-order valence-corrected chi connectivity index (χ3v) is 11.8. The molecular formula is C48H46N7+. The average Bonchev–Trinajstić information content (AvgIpc) is 3.96. The molecule has 5 aliphatic rings. The lowest BCUT2D eigenvalue weighted by Crippen LogP contribution is -2.88. The Labute approximate surface area is 321 Å². The SMILES string of the molecule is NC(=NC([NH2+]CC1C=CC(C2C=CC=CC2)=N1)n1c2ccccc2c2ccc3c4c(n(C5C=CC=CC5)c3c21)C=CCC4)C1=CN=C(c2ccccc2)CC1. The number of hydrogen-bond acceptors (Lipinski definition) is 3. The van der Waals surface area contributed by atoms with Crippen LogP contribution in [0.15, 0.2) is 160 Å². The first-order valence-corrected chi connectivity index (χ1v) is 19.9. The number of hydrogen-bond donors (Lipinski definition) is 2. The maximum absolute atomic E-state index is 7.06. The van der Waals surface area contributed by atoms with E-state index < -0.39 is 0 Å². The minimum atomic E-state index is -0.378. The van der Waals surface area contributed by atoms with E-state index in [1.807, 2.05) is 12.3 Å². The van der Waals surface area contributed by atoms with Crippen molar-refractivity contribution in [2.75, 3.05) is 6.54 Å². The van der Waals surface area contributed by atoms with Crippen molar-refractivity contribution in [2.24, 2.45) is 26.6 Å². The van der Waals surface area contributed by atoms with E-state index in [-0.39, 0.29) is 18.4 Å². The smallest absolute Gasteiger partial charge is 0.266 e. The Hall–Kier alpha value is -6.05. The second-order valence-corrected chi connectivity index (χ2v) is 15.2. The highest BCUT2D eigenvalue weighted by atomic mass is 15.3. The highest BCUT2D eigenvalue weighted by Crippen LogP contribution is 2.43. The minimum Gasteiger partial charge on any atom is -0.383 e. The van der Waals surface area contributed by atoms with E-state index >= 15 is 0 Å². The molecule has 7 heteroatoms. The molecule has 0 spiro atoms. The highest BCUT2D eigenvalue weighted by molar-refractivity contribution is 6.18. The van der Waals surface area contributed by atoms with Crippen LogP contribution in [0.5, 0.6) is 0 Å². The van der Waals surface area contributed by atoms with E-state index in [1.54, 1.807) is 0 Å². The summed E-state index contributed by atoms with van der Waals surface area (Å²) in [7, 11) is 0. The zero-order valence-corrected chi connectivity index (χ0v) is 31.0. The molecule has 0 radical (unpaired) electrons. The maximum Gasteiger partial charge on any atom is 0.266 e. The summed E-state index contributed by atoms with van der Waals surface area (Å²) < 4.78 is 5.07. The predicted octanol–water partition coefficient (Wildman–Crippen LogP) is 8.82. The molecule has 0 saturated heterocycles. The predicted molar refractivity (Wildman–Crippen MR) is 229 cm³/mol. The van der Waals surface area contributed by atoms with Crippen LogP contribution in [-0.4, -0.2) is 39.0 Å². The molecule has 2 aromatic heterocycles. The van der Waals surface area contributed by atoms with Gasteiger partial charge < -0.3 is 15.6 Å². The van der Waals surface area contributed by atoms with Crippen molar-refractivity contribution in [1.82, 2.24) is 9.13 Å². The van der Waals surface area contributed by atoms with E-state index in [2.05, 4.69) is 148 Å². The molecule has 10 rings (SSSR count). The van der Waals surface area contributed by atoms with Gasteiger partial charge in [0, 0.05) is 51.0 Å². The van der Waals surface area contributed by atoms with Gasteiger partial charge >= 0.3 is 0 Å². The number of allylic oxidation sites excluding steroid dienone is 10. The van der Waals surface area contributed by atoms with Crippen molar-refractivity contribution >= 4 is 56.0 Å². The van der Waals surface area contributed by atoms with Gasteiger partial charge in [0.15, 0.2) is 0 Å². The van der Waals surface area contributed by atoms with Crippen molar-refractivity contribution in [1.29, 1.82) is 0 Å². The molecule has 3 aromatic carbocycles. The fourth-order valence-corrected chi connectivity index (χ4v) is 9.13. The second-order valence-electron chi connectivity index (χ2n) is 15.2. The molecule has 4 atom stereocenters. The van der Waals surface area contributed by atoms with E-state index in [4.69, 9.17) is 20.7 Å². The minimum absolute atomic E-state index is 0.0498. The van der Waals surface area contributed by atoms with Crippen molar-refractivity contribution in [3.63, 3.8) is 0 Å². The molecule has 272 valence electrons. The molecule has 4 N–H and O–H groups in total. The number of aliphatic imine (C=N–C) groups is 3. The fraction of sp³-hybridized carbons (Fsp3) is 0.229. The molecule has 4 heterocycles. The Morgan fingerprint density at radius 1 is 0.800 bits per heavy atom. The molecule has 5 aromatic rings. The van der Waals surface area contributed by atoms with E-state index in [0.29, 0.717) is 11.8 Å². The summed E-state index contributed by atoms with van der Waals surface area (Å²) >= 11 is 0. The Balaban J connectivity index is 1.14. The van der Waals surface area contributed by atoms with Gasteiger partial charge in [-0.2, -0.15) is 4.99 Å². The van der Waals surface area contributed by atoms with Crippen molar-refractivity contribution in [2.45, 2.75) is 56.9 Å². The van der Waals surface area contributed by atoms with Gasteiger partial charge in [-0.15, -0.1) is 0 Å². The summed E-state index contributed by atoms with van der Waals surface area (Å²) in [6, 6.07) is 24.2. The maximum atomic E-state index is 7.06. The van der Waals surface area contributed by atoms with Crippen LogP contribution in [0.25, 0.3) is 38.8 Å². The monoisotopic (exact) mass is 720 g/mol. The number of quaternary nitrogens is 1. The molecule has 0 saturated carbocycles. The van der Waals surface area contributed by atoms with Crippen molar-refractivity contribution in [3.8, 4) is 0 Å². The van der Waals surface area contributed by atoms with Crippen LogP contribution >= 0.6 is 0 Å². The van der Waals surface area contributed by atoms with Crippen LogP contribution in [0, 0.1) is 5.92 Å². The van der Waals surface area contributed by atoms with Gasteiger partial charge in [0.2, 0.25) is 0 Å². The number of rotatable bonds is 9. The number of aryl methyl sites for hydroxylation is 1. The first-order valence-electron chi connectivity index (χ1n) is 19.9. The number of fused-ring (bicyclic) bond motifs is 7. The number of para-hydroxylation sites is 1. The quantitative estimate of drug-likeness (QED) is 0.116. The molecule has 0 amide bonds. The van der Waals surface area contributed by atoms with Crippen LogP contribution in [0.4, 0.5) is 0 Å². The molecule has 0 bridgehead atoms. The summed E-state index contributed by atoms with van der Waals surface area (Å²) in [6.45, 7) is 0.740. The summed E-state index contributed by atoms with van der Waals surface area (Å²) in [5.41, 5.74) is 17.8. The fourth-order valence-electron chi connectivity index (χ4n) is 9.13. The summed E-state index contributed by atoms with van der Waals surface area (Å²) in [5, 5.41) is 6.13. The largest absolute Gasteiger partial charge is 0.383 e. The second kappa shape index (κ2) is 14.3.